The zero-order valence-corrected chi connectivity index (χ0v) is 18.9. The summed E-state index contributed by atoms with van der Waals surface area (Å²) in [4.78, 5) is 12.7. The van der Waals surface area contributed by atoms with Crippen molar-refractivity contribution in [2.45, 2.75) is 50.6 Å². The minimum atomic E-state index is -0.312. The van der Waals surface area contributed by atoms with Gasteiger partial charge in [-0.15, -0.1) is 10.2 Å². The molecule has 1 heterocycles. The van der Waals surface area contributed by atoms with Gasteiger partial charge in [0, 0.05) is 17.8 Å². The average Bonchev–Trinajstić information content (AvgIpc) is 3.16. The highest BCUT2D eigenvalue weighted by Crippen LogP contribution is 2.28. The zero-order valence-electron chi connectivity index (χ0n) is 18.0. The van der Waals surface area contributed by atoms with Crippen LogP contribution in [0.15, 0.2) is 53.7 Å². The fourth-order valence-corrected chi connectivity index (χ4v) is 3.93. The summed E-state index contributed by atoms with van der Waals surface area (Å²) in [5, 5.41) is 12.1. The van der Waals surface area contributed by atoms with Crippen molar-refractivity contribution in [1.82, 2.24) is 14.8 Å². The number of ether oxygens (including phenoxy) is 1. The van der Waals surface area contributed by atoms with Crippen LogP contribution in [0.4, 0.5) is 5.69 Å². The molecule has 7 heteroatoms. The number of thioether (sulfide) groups is 1. The average molecular weight is 425 g/mol. The van der Waals surface area contributed by atoms with Crippen LogP contribution in [0.2, 0.25) is 0 Å². The number of rotatable bonds is 8. The number of amides is 1. The van der Waals surface area contributed by atoms with Crippen LogP contribution in [0, 0.1) is 0 Å². The Kier molecular flexibility index (Phi) is 7.15. The fraction of sp³-hybridized carbons (Fsp3) is 0.348. The van der Waals surface area contributed by atoms with Gasteiger partial charge in [0.25, 0.3) is 0 Å². The van der Waals surface area contributed by atoms with Crippen LogP contribution < -0.4 is 10.1 Å². The Morgan fingerprint density at radius 3 is 2.30 bits per heavy atom. The third-order valence-corrected chi connectivity index (χ3v) is 5.96. The Labute approximate surface area is 182 Å². The molecule has 0 saturated heterocycles. The lowest BCUT2D eigenvalue weighted by atomic mass is 10.0. The second-order valence-electron chi connectivity index (χ2n) is 7.30. The normalized spacial score (nSPS) is 12.1. The second kappa shape index (κ2) is 9.80. The number of hydrogen-bond acceptors (Lipinski definition) is 5. The molecule has 0 aliphatic heterocycles. The molecule has 0 saturated carbocycles. The molecule has 0 unspecified atom stereocenters. The molecule has 0 fully saturated rings. The molecule has 0 radical (unpaired) electrons. The first-order valence-corrected chi connectivity index (χ1v) is 11.0. The van der Waals surface area contributed by atoms with Gasteiger partial charge in [0.05, 0.1) is 12.4 Å². The van der Waals surface area contributed by atoms with Crippen molar-refractivity contribution in [3.8, 4) is 17.1 Å². The highest BCUT2D eigenvalue weighted by molar-refractivity contribution is 8.00. The summed E-state index contributed by atoms with van der Waals surface area (Å²) < 4.78 is 7.24. The highest BCUT2D eigenvalue weighted by Gasteiger charge is 2.20. The molecule has 0 aliphatic carbocycles. The molecule has 30 heavy (non-hydrogen) atoms. The lowest BCUT2D eigenvalue weighted by Crippen LogP contribution is -2.23. The summed E-state index contributed by atoms with van der Waals surface area (Å²) in [6.07, 6.45) is 0. The van der Waals surface area contributed by atoms with E-state index in [4.69, 9.17) is 4.74 Å². The van der Waals surface area contributed by atoms with E-state index in [-0.39, 0.29) is 11.2 Å². The number of carbonyl (C=O) groups is 1. The van der Waals surface area contributed by atoms with Crippen LogP contribution in [-0.4, -0.2) is 33.0 Å². The van der Waals surface area contributed by atoms with E-state index in [2.05, 4.69) is 29.4 Å². The summed E-state index contributed by atoms with van der Waals surface area (Å²) >= 11 is 1.41. The third kappa shape index (κ3) is 5.02. The van der Waals surface area contributed by atoms with Crippen LogP contribution in [0.25, 0.3) is 11.4 Å². The zero-order chi connectivity index (χ0) is 21.7. The Morgan fingerprint density at radius 2 is 1.73 bits per heavy atom. The van der Waals surface area contributed by atoms with Gasteiger partial charge in [-0.2, -0.15) is 0 Å². The third-order valence-electron chi connectivity index (χ3n) is 4.88. The van der Waals surface area contributed by atoms with E-state index in [9.17, 15) is 4.79 Å². The van der Waals surface area contributed by atoms with Gasteiger partial charge in [-0.1, -0.05) is 37.7 Å². The Balaban J connectivity index is 1.70. The molecule has 1 atom stereocenters. The highest BCUT2D eigenvalue weighted by atomic mass is 32.2. The van der Waals surface area contributed by atoms with Crippen molar-refractivity contribution >= 4 is 23.4 Å². The number of anilines is 1. The molecule has 0 spiro atoms. The predicted octanol–water partition coefficient (Wildman–Crippen LogP) is 5.22. The van der Waals surface area contributed by atoms with Gasteiger partial charge < -0.3 is 14.6 Å². The van der Waals surface area contributed by atoms with Crippen LogP contribution >= 0.6 is 11.8 Å². The molecule has 2 aromatic carbocycles. The van der Waals surface area contributed by atoms with Crippen LogP contribution in [-0.2, 0) is 11.3 Å². The van der Waals surface area contributed by atoms with E-state index in [0.717, 1.165) is 28.0 Å². The van der Waals surface area contributed by atoms with Crippen molar-refractivity contribution in [2.75, 3.05) is 12.4 Å². The van der Waals surface area contributed by atoms with Gasteiger partial charge in [-0.25, -0.2) is 0 Å². The lowest BCUT2D eigenvalue weighted by Gasteiger charge is -2.13. The lowest BCUT2D eigenvalue weighted by molar-refractivity contribution is -0.115. The Hall–Kier alpha value is -2.80. The van der Waals surface area contributed by atoms with Gasteiger partial charge in [0.15, 0.2) is 11.0 Å². The summed E-state index contributed by atoms with van der Waals surface area (Å²) in [7, 11) is 1.64. The van der Waals surface area contributed by atoms with Crippen molar-refractivity contribution in [1.29, 1.82) is 0 Å². The van der Waals surface area contributed by atoms with Gasteiger partial charge in [0.2, 0.25) is 5.91 Å². The first-order chi connectivity index (χ1) is 14.4. The number of carbonyl (C=O) groups excluding carboxylic acids is 1. The molecular weight excluding hydrogens is 396 g/mol. The molecule has 0 aliphatic rings. The van der Waals surface area contributed by atoms with E-state index in [0.29, 0.717) is 12.5 Å². The van der Waals surface area contributed by atoms with Crippen LogP contribution in [0.1, 0.15) is 39.2 Å². The number of methoxy groups -OCH3 is 1. The standard InChI is InChI=1S/C23H28N4O2S/c1-6-27-21(18-9-13-20(29-5)14-10-18)25-26-23(27)30-16(4)22(28)24-19-11-7-17(8-12-19)15(2)3/h7-16H,6H2,1-5H3,(H,24,28)/t16-/m1/s1. The Bertz CT molecular complexity index is 981. The smallest absolute Gasteiger partial charge is 0.237 e. The number of nitrogens with one attached hydrogen (secondary N) is 1. The van der Waals surface area contributed by atoms with Crippen LogP contribution in [0.5, 0.6) is 5.75 Å². The first kappa shape index (κ1) is 21.9. The minimum Gasteiger partial charge on any atom is -0.497 e. The number of nitrogens with zero attached hydrogens (tertiary/aromatic N) is 3. The second-order valence-corrected chi connectivity index (χ2v) is 8.61. The van der Waals surface area contributed by atoms with E-state index in [1.807, 2.05) is 66.9 Å². The van der Waals surface area contributed by atoms with Gasteiger partial charge in [-0.3, -0.25) is 4.79 Å². The van der Waals surface area contributed by atoms with Crippen molar-refractivity contribution in [2.24, 2.45) is 0 Å². The van der Waals surface area contributed by atoms with Crippen molar-refractivity contribution < 1.29 is 9.53 Å². The number of benzene rings is 2. The molecular formula is C23H28N4O2S. The van der Waals surface area contributed by atoms with Gasteiger partial charge in [-0.05, 0) is 61.7 Å². The molecule has 3 rings (SSSR count). The van der Waals surface area contributed by atoms with Gasteiger partial charge >= 0.3 is 0 Å². The topological polar surface area (TPSA) is 69.0 Å². The summed E-state index contributed by atoms with van der Waals surface area (Å²) in [6, 6.07) is 15.7. The van der Waals surface area contributed by atoms with Crippen molar-refractivity contribution in [3.05, 3.63) is 54.1 Å². The maximum absolute atomic E-state index is 12.7. The molecule has 0 bridgehead atoms. The van der Waals surface area contributed by atoms with E-state index in [1.54, 1.807) is 7.11 Å². The molecule has 3 aromatic rings. The summed E-state index contributed by atoms with van der Waals surface area (Å²) in [5.74, 6) is 1.97. The maximum Gasteiger partial charge on any atom is 0.237 e. The summed E-state index contributed by atoms with van der Waals surface area (Å²) in [6.45, 7) is 8.93. The quantitative estimate of drug-likeness (QED) is 0.502. The van der Waals surface area contributed by atoms with Crippen molar-refractivity contribution in [3.63, 3.8) is 0 Å². The molecule has 1 amide bonds. The molecule has 1 aromatic heterocycles. The minimum absolute atomic E-state index is 0.0612. The number of aromatic nitrogens is 3. The predicted molar refractivity (Wildman–Crippen MR) is 122 cm³/mol. The Morgan fingerprint density at radius 1 is 1.07 bits per heavy atom. The molecule has 1 N–H and O–H groups in total. The van der Waals surface area contributed by atoms with Gasteiger partial charge in [0.1, 0.15) is 5.75 Å². The van der Waals surface area contributed by atoms with Crippen LogP contribution in [0.3, 0.4) is 0 Å². The number of hydrogen-bond donors (Lipinski definition) is 1. The first-order valence-electron chi connectivity index (χ1n) is 10.1. The van der Waals surface area contributed by atoms with E-state index < -0.39 is 0 Å². The largest absolute Gasteiger partial charge is 0.497 e. The summed E-state index contributed by atoms with van der Waals surface area (Å²) in [5.41, 5.74) is 3.00. The van der Waals surface area contributed by atoms with E-state index in [1.165, 1.54) is 17.3 Å². The molecule has 158 valence electrons. The fourth-order valence-electron chi connectivity index (χ4n) is 3.02. The SMILES string of the molecule is CCn1c(S[C@H](C)C(=O)Nc2ccc(C(C)C)cc2)nnc1-c1ccc(OC)cc1. The maximum atomic E-state index is 12.7. The molecule has 6 nitrogen and oxygen atoms in total. The van der Waals surface area contributed by atoms with E-state index >= 15 is 0 Å². The monoisotopic (exact) mass is 424 g/mol.